The van der Waals surface area contributed by atoms with Crippen molar-refractivity contribution in [2.75, 3.05) is 18.6 Å². The first-order valence-electron chi connectivity index (χ1n) is 5.49. The maximum atomic E-state index is 11.9. The number of carbonyl (C=O) groups excluding carboxylic acids is 2. The summed E-state index contributed by atoms with van der Waals surface area (Å²) in [6, 6.07) is -0.657. The predicted octanol–water partition coefficient (Wildman–Crippen LogP) is 1.08. The number of ketones is 1. The SMILES string of the molecule is CCOC(=O)C1CC(=O)c2cnc(Cl)nc2N1C. The minimum atomic E-state index is -0.657. The molecule has 1 aromatic rings. The smallest absolute Gasteiger partial charge is 0.329 e. The zero-order valence-corrected chi connectivity index (χ0v) is 10.8. The largest absolute Gasteiger partial charge is 0.464 e. The van der Waals surface area contributed by atoms with E-state index in [-0.39, 0.29) is 24.1 Å². The van der Waals surface area contributed by atoms with Gasteiger partial charge in [-0.05, 0) is 18.5 Å². The Bertz CT molecular complexity index is 506. The maximum absolute atomic E-state index is 11.9. The van der Waals surface area contributed by atoms with Crippen LogP contribution in [-0.4, -0.2) is 41.4 Å². The fraction of sp³-hybridized carbons (Fsp3) is 0.455. The molecule has 0 N–H and O–H groups in total. The molecule has 0 saturated heterocycles. The van der Waals surface area contributed by atoms with E-state index in [0.717, 1.165) is 0 Å². The highest BCUT2D eigenvalue weighted by molar-refractivity contribution is 6.28. The number of fused-ring (bicyclic) bond motifs is 1. The number of rotatable bonds is 2. The van der Waals surface area contributed by atoms with Crippen molar-refractivity contribution >= 4 is 29.2 Å². The van der Waals surface area contributed by atoms with Gasteiger partial charge in [0.25, 0.3) is 0 Å². The van der Waals surface area contributed by atoms with E-state index in [1.165, 1.54) is 6.20 Å². The zero-order valence-electron chi connectivity index (χ0n) is 10.0. The molecule has 1 aromatic heterocycles. The number of anilines is 1. The number of hydrogen-bond donors (Lipinski definition) is 0. The summed E-state index contributed by atoms with van der Waals surface area (Å²) in [5.74, 6) is -0.254. The molecule has 96 valence electrons. The molecule has 6 nitrogen and oxygen atoms in total. The molecule has 1 aliphatic heterocycles. The van der Waals surface area contributed by atoms with Crippen LogP contribution in [0.4, 0.5) is 5.82 Å². The Morgan fingerprint density at radius 2 is 2.39 bits per heavy atom. The van der Waals surface area contributed by atoms with Gasteiger partial charge in [0, 0.05) is 19.7 Å². The number of halogens is 1. The van der Waals surface area contributed by atoms with Crippen molar-refractivity contribution in [1.82, 2.24) is 9.97 Å². The number of Topliss-reactive ketones (excluding diaryl/α,β-unsaturated/α-hetero) is 1. The molecule has 0 spiro atoms. The van der Waals surface area contributed by atoms with Crippen LogP contribution >= 0.6 is 11.6 Å². The third-order valence-corrected chi connectivity index (χ3v) is 2.96. The highest BCUT2D eigenvalue weighted by Gasteiger charge is 2.36. The highest BCUT2D eigenvalue weighted by atomic mass is 35.5. The average Bonchev–Trinajstić information content (AvgIpc) is 2.33. The van der Waals surface area contributed by atoms with Crippen LogP contribution in [0.3, 0.4) is 0 Å². The second-order valence-electron chi connectivity index (χ2n) is 3.88. The summed E-state index contributed by atoms with van der Waals surface area (Å²) in [5, 5.41) is 0.0397. The minimum absolute atomic E-state index is 0.0397. The van der Waals surface area contributed by atoms with Crippen molar-refractivity contribution in [3.63, 3.8) is 0 Å². The monoisotopic (exact) mass is 269 g/mol. The van der Waals surface area contributed by atoms with E-state index >= 15 is 0 Å². The van der Waals surface area contributed by atoms with E-state index in [2.05, 4.69) is 9.97 Å². The molecule has 0 aliphatic carbocycles. The van der Waals surface area contributed by atoms with E-state index in [1.54, 1.807) is 18.9 Å². The predicted molar refractivity (Wildman–Crippen MR) is 64.8 cm³/mol. The van der Waals surface area contributed by atoms with Crippen molar-refractivity contribution in [1.29, 1.82) is 0 Å². The molecule has 1 unspecified atom stereocenters. The van der Waals surface area contributed by atoms with Crippen LogP contribution in [0.5, 0.6) is 0 Å². The highest BCUT2D eigenvalue weighted by Crippen LogP contribution is 2.28. The molecule has 0 bridgehead atoms. The van der Waals surface area contributed by atoms with Crippen molar-refractivity contribution in [3.05, 3.63) is 17.0 Å². The van der Waals surface area contributed by atoms with Gasteiger partial charge in [0.1, 0.15) is 11.9 Å². The van der Waals surface area contributed by atoms with Crippen LogP contribution in [0.25, 0.3) is 0 Å². The second kappa shape index (κ2) is 4.89. The van der Waals surface area contributed by atoms with Gasteiger partial charge in [-0.1, -0.05) is 0 Å². The van der Waals surface area contributed by atoms with E-state index < -0.39 is 12.0 Å². The second-order valence-corrected chi connectivity index (χ2v) is 4.22. The van der Waals surface area contributed by atoms with Gasteiger partial charge in [-0.2, -0.15) is 4.98 Å². The topological polar surface area (TPSA) is 72.4 Å². The van der Waals surface area contributed by atoms with Crippen molar-refractivity contribution in [2.24, 2.45) is 0 Å². The lowest BCUT2D eigenvalue weighted by atomic mass is 9.99. The molecule has 7 heteroatoms. The lowest BCUT2D eigenvalue weighted by molar-refractivity contribution is -0.144. The van der Waals surface area contributed by atoms with Gasteiger partial charge in [0.2, 0.25) is 5.28 Å². The van der Waals surface area contributed by atoms with E-state index in [1.807, 2.05) is 0 Å². The van der Waals surface area contributed by atoms with Crippen molar-refractivity contribution in [3.8, 4) is 0 Å². The Balaban J connectivity index is 2.37. The summed E-state index contributed by atoms with van der Waals surface area (Å²) in [7, 11) is 1.68. The first-order chi connectivity index (χ1) is 8.54. The molecule has 0 fully saturated rings. The summed E-state index contributed by atoms with van der Waals surface area (Å²) < 4.78 is 4.94. The van der Waals surface area contributed by atoms with Crippen LogP contribution in [0.15, 0.2) is 6.20 Å². The number of carbonyl (C=O) groups is 2. The number of aromatic nitrogens is 2. The molecule has 1 atom stereocenters. The molecule has 1 aliphatic rings. The van der Waals surface area contributed by atoms with Gasteiger partial charge in [-0.3, -0.25) is 4.79 Å². The summed E-state index contributed by atoms with van der Waals surface area (Å²) in [6.45, 7) is 1.99. The van der Waals surface area contributed by atoms with Crippen LogP contribution in [0.1, 0.15) is 23.7 Å². The van der Waals surface area contributed by atoms with Crippen molar-refractivity contribution in [2.45, 2.75) is 19.4 Å². The lowest BCUT2D eigenvalue weighted by Crippen LogP contribution is -2.45. The summed E-state index contributed by atoms with van der Waals surface area (Å²) in [4.78, 5) is 33.0. The van der Waals surface area contributed by atoms with E-state index in [0.29, 0.717) is 11.4 Å². The molecular weight excluding hydrogens is 258 g/mol. The van der Waals surface area contributed by atoms with Gasteiger partial charge in [-0.25, -0.2) is 9.78 Å². The Morgan fingerprint density at radius 3 is 3.06 bits per heavy atom. The molecule has 2 heterocycles. The minimum Gasteiger partial charge on any atom is -0.464 e. The first kappa shape index (κ1) is 12.8. The average molecular weight is 270 g/mol. The Labute approximate surface area is 109 Å². The van der Waals surface area contributed by atoms with E-state index in [4.69, 9.17) is 16.3 Å². The van der Waals surface area contributed by atoms with Crippen LogP contribution in [0.2, 0.25) is 5.28 Å². The van der Waals surface area contributed by atoms with Gasteiger partial charge >= 0.3 is 5.97 Å². The molecule has 0 saturated carbocycles. The summed E-state index contributed by atoms with van der Waals surface area (Å²) in [5.41, 5.74) is 0.377. The molecular formula is C11H12ClN3O3. The number of esters is 1. The third kappa shape index (κ3) is 2.15. The third-order valence-electron chi connectivity index (χ3n) is 2.78. The maximum Gasteiger partial charge on any atom is 0.329 e. The number of hydrogen-bond acceptors (Lipinski definition) is 6. The number of ether oxygens (including phenoxy) is 1. The molecule has 18 heavy (non-hydrogen) atoms. The van der Waals surface area contributed by atoms with Crippen LogP contribution in [-0.2, 0) is 9.53 Å². The summed E-state index contributed by atoms with van der Waals surface area (Å²) >= 11 is 5.70. The zero-order chi connectivity index (χ0) is 13.3. The van der Waals surface area contributed by atoms with Crippen LogP contribution < -0.4 is 4.90 Å². The molecule has 2 rings (SSSR count). The lowest BCUT2D eigenvalue weighted by Gasteiger charge is -2.31. The number of likely N-dealkylation sites (N-methyl/N-ethyl adjacent to an activating group) is 1. The van der Waals surface area contributed by atoms with Gasteiger partial charge in [0.05, 0.1) is 12.2 Å². The Hall–Kier alpha value is -1.69. The Morgan fingerprint density at radius 1 is 1.67 bits per heavy atom. The normalized spacial score (nSPS) is 18.5. The van der Waals surface area contributed by atoms with Gasteiger partial charge < -0.3 is 9.64 Å². The summed E-state index contributed by atoms with van der Waals surface area (Å²) in [6.07, 6.45) is 1.44. The molecule has 0 radical (unpaired) electrons. The molecule has 0 amide bonds. The quantitative estimate of drug-likeness (QED) is 0.591. The molecule has 0 aromatic carbocycles. The first-order valence-corrected chi connectivity index (χ1v) is 5.87. The Kier molecular flexibility index (Phi) is 3.47. The van der Waals surface area contributed by atoms with Gasteiger partial charge in [-0.15, -0.1) is 0 Å². The fourth-order valence-corrected chi connectivity index (χ4v) is 2.00. The standard InChI is InChI=1S/C11H12ClN3O3/c1-3-18-10(17)7-4-8(16)6-5-13-11(12)14-9(6)15(7)2/h5,7H,3-4H2,1-2H3. The number of nitrogens with zero attached hydrogens (tertiary/aromatic N) is 3. The van der Waals surface area contributed by atoms with E-state index in [9.17, 15) is 9.59 Å². The van der Waals surface area contributed by atoms with Crippen LogP contribution in [0, 0.1) is 0 Å². The fourth-order valence-electron chi connectivity index (χ4n) is 1.87. The van der Waals surface area contributed by atoms with Crippen molar-refractivity contribution < 1.29 is 14.3 Å². The van der Waals surface area contributed by atoms with Gasteiger partial charge in [0.15, 0.2) is 5.78 Å².